The summed E-state index contributed by atoms with van der Waals surface area (Å²) >= 11 is 0. The highest BCUT2D eigenvalue weighted by molar-refractivity contribution is 5.98. The molecular formula is C13H18N2O3. The van der Waals surface area contributed by atoms with E-state index in [1.165, 1.54) is 12.1 Å². The van der Waals surface area contributed by atoms with Crippen LogP contribution in [0, 0.1) is 6.92 Å². The van der Waals surface area contributed by atoms with Crippen molar-refractivity contribution >= 4 is 11.8 Å². The van der Waals surface area contributed by atoms with Crippen molar-refractivity contribution in [2.75, 3.05) is 13.1 Å². The van der Waals surface area contributed by atoms with Crippen LogP contribution in [0.15, 0.2) is 18.2 Å². The molecule has 1 aromatic carbocycles. The quantitative estimate of drug-likeness (QED) is 0.728. The molecule has 0 aromatic heterocycles. The number of phenolic OH excluding ortho intramolecular Hbond substituents is 1. The van der Waals surface area contributed by atoms with Gasteiger partial charge in [-0.25, -0.2) is 0 Å². The summed E-state index contributed by atoms with van der Waals surface area (Å²) in [7, 11) is 0. The van der Waals surface area contributed by atoms with Gasteiger partial charge in [0.15, 0.2) is 0 Å². The maximum absolute atomic E-state index is 11.7. The number of rotatable bonds is 5. The Morgan fingerprint density at radius 1 is 1.28 bits per heavy atom. The van der Waals surface area contributed by atoms with Crippen LogP contribution >= 0.6 is 0 Å². The molecule has 0 saturated heterocycles. The van der Waals surface area contributed by atoms with Crippen LogP contribution in [0.25, 0.3) is 0 Å². The van der Waals surface area contributed by atoms with E-state index in [0.717, 1.165) is 12.0 Å². The number of carbonyl (C=O) groups excluding carboxylic acids is 2. The van der Waals surface area contributed by atoms with Crippen molar-refractivity contribution in [3.05, 3.63) is 29.3 Å². The summed E-state index contributed by atoms with van der Waals surface area (Å²) in [5.74, 6) is -0.780. The minimum Gasteiger partial charge on any atom is -0.507 e. The maximum atomic E-state index is 11.7. The number of amides is 2. The second-order valence-corrected chi connectivity index (χ2v) is 4.05. The predicted octanol–water partition coefficient (Wildman–Crippen LogP) is 0.957. The Hall–Kier alpha value is -2.04. The van der Waals surface area contributed by atoms with Crippen molar-refractivity contribution < 1.29 is 14.7 Å². The van der Waals surface area contributed by atoms with Gasteiger partial charge in [-0.3, -0.25) is 9.59 Å². The highest BCUT2D eigenvalue weighted by Gasteiger charge is 2.11. The van der Waals surface area contributed by atoms with Crippen LogP contribution in [0.4, 0.5) is 0 Å². The average molecular weight is 250 g/mol. The lowest BCUT2D eigenvalue weighted by atomic mass is 10.1. The van der Waals surface area contributed by atoms with Gasteiger partial charge in [0, 0.05) is 6.54 Å². The molecule has 0 bridgehead atoms. The summed E-state index contributed by atoms with van der Waals surface area (Å²) in [5.41, 5.74) is 1.04. The topological polar surface area (TPSA) is 78.4 Å². The summed E-state index contributed by atoms with van der Waals surface area (Å²) in [4.78, 5) is 23.0. The maximum Gasteiger partial charge on any atom is 0.255 e. The highest BCUT2D eigenvalue weighted by Crippen LogP contribution is 2.17. The smallest absolute Gasteiger partial charge is 0.255 e. The molecule has 5 heteroatoms. The van der Waals surface area contributed by atoms with E-state index in [9.17, 15) is 14.7 Å². The Labute approximate surface area is 106 Å². The van der Waals surface area contributed by atoms with Gasteiger partial charge in [-0.15, -0.1) is 0 Å². The molecule has 5 nitrogen and oxygen atoms in total. The molecule has 98 valence electrons. The van der Waals surface area contributed by atoms with Gasteiger partial charge < -0.3 is 15.7 Å². The largest absolute Gasteiger partial charge is 0.507 e. The fourth-order valence-corrected chi connectivity index (χ4v) is 1.42. The Morgan fingerprint density at radius 3 is 2.61 bits per heavy atom. The monoisotopic (exact) mass is 250 g/mol. The fraction of sp³-hybridized carbons (Fsp3) is 0.385. The number of carbonyl (C=O) groups is 2. The Bertz CT molecular complexity index is 444. The van der Waals surface area contributed by atoms with Crippen LogP contribution in [0.3, 0.4) is 0 Å². The number of phenols is 1. The summed E-state index contributed by atoms with van der Waals surface area (Å²) in [6.45, 7) is 4.26. The van der Waals surface area contributed by atoms with Crippen LogP contribution in [0.1, 0.15) is 29.3 Å². The van der Waals surface area contributed by atoms with Crippen LogP contribution in [-0.4, -0.2) is 30.0 Å². The van der Waals surface area contributed by atoms with Gasteiger partial charge >= 0.3 is 0 Å². The van der Waals surface area contributed by atoms with E-state index in [2.05, 4.69) is 10.6 Å². The van der Waals surface area contributed by atoms with Crippen LogP contribution in [0.5, 0.6) is 5.75 Å². The van der Waals surface area contributed by atoms with Crippen molar-refractivity contribution in [1.29, 1.82) is 0 Å². The molecule has 0 atom stereocenters. The first-order chi connectivity index (χ1) is 8.54. The number of benzene rings is 1. The zero-order chi connectivity index (χ0) is 13.5. The SMILES string of the molecule is CCCNC(=O)CNC(=O)c1ccc(C)cc1O. The van der Waals surface area contributed by atoms with E-state index in [-0.39, 0.29) is 23.8 Å². The molecule has 0 radical (unpaired) electrons. The lowest BCUT2D eigenvalue weighted by Crippen LogP contribution is -2.37. The Morgan fingerprint density at radius 2 is 2.00 bits per heavy atom. The average Bonchev–Trinajstić information content (AvgIpc) is 2.33. The molecule has 0 saturated carbocycles. The first-order valence-electron chi connectivity index (χ1n) is 5.89. The van der Waals surface area contributed by atoms with Gasteiger partial charge in [0.25, 0.3) is 5.91 Å². The van der Waals surface area contributed by atoms with E-state index in [4.69, 9.17) is 0 Å². The van der Waals surface area contributed by atoms with Gasteiger partial charge in [-0.1, -0.05) is 13.0 Å². The summed E-state index contributed by atoms with van der Waals surface area (Å²) in [6, 6.07) is 4.77. The summed E-state index contributed by atoms with van der Waals surface area (Å²) in [6.07, 6.45) is 0.846. The highest BCUT2D eigenvalue weighted by atomic mass is 16.3. The van der Waals surface area contributed by atoms with Crippen LogP contribution in [-0.2, 0) is 4.79 Å². The van der Waals surface area contributed by atoms with E-state index in [1.54, 1.807) is 6.07 Å². The van der Waals surface area contributed by atoms with Gasteiger partial charge in [0.05, 0.1) is 12.1 Å². The number of aryl methyl sites for hydroxylation is 1. The summed E-state index contributed by atoms with van der Waals surface area (Å²) < 4.78 is 0. The van der Waals surface area contributed by atoms with Gasteiger partial charge in [-0.2, -0.15) is 0 Å². The van der Waals surface area contributed by atoms with Crippen molar-refractivity contribution in [1.82, 2.24) is 10.6 Å². The first kappa shape index (κ1) is 14.0. The lowest BCUT2D eigenvalue weighted by molar-refractivity contribution is -0.120. The molecule has 1 rings (SSSR count). The standard InChI is InChI=1S/C13H18N2O3/c1-3-6-14-12(17)8-15-13(18)10-5-4-9(2)7-11(10)16/h4-5,7,16H,3,6,8H2,1-2H3,(H,14,17)(H,15,18). The molecule has 2 amide bonds. The molecular weight excluding hydrogens is 232 g/mol. The number of hydrogen-bond acceptors (Lipinski definition) is 3. The van der Waals surface area contributed by atoms with Crippen molar-refractivity contribution in [2.45, 2.75) is 20.3 Å². The molecule has 0 heterocycles. The number of aromatic hydroxyl groups is 1. The second kappa shape index (κ2) is 6.64. The van der Waals surface area contributed by atoms with Crippen molar-refractivity contribution in [3.63, 3.8) is 0 Å². The molecule has 0 fully saturated rings. The molecule has 0 aliphatic heterocycles. The van der Waals surface area contributed by atoms with Gasteiger partial charge in [-0.05, 0) is 31.0 Å². The molecule has 18 heavy (non-hydrogen) atoms. The fourth-order valence-electron chi connectivity index (χ4n) is 1.42. The zero-order valence-electron chi connectivity index (χ0n) is 10.6. The molecule has 0 aliphatic rings. The van der Waals surface area contributed by atoms with Gasteiger partial charge in [0.2, 0.25) is 5.91 Å². The molecule has 0 spiro atoms. The minimum absolute atomic E-state index is 0.0820. The molecule has 0 aliphatic carbocycles. The van der Waals surface area contributed by atoms with Crippen molar-refractivity contribution in [2.24, 2.45) is 0 Å². The predicted molar refractivity (Wildman–Crippen MR) is 68.5 cm³/mol. The normalized spacial score (nSPS) is 9.89. The summed E-state index contributed by atoms with van der Waals surface area (Å²) in [5, 5.41) is 14.7. The lowest BCUT2D eigenvalue weighted by Gasteiger charge is -2.07. The Balaban J connectivity index is 2.53. The third-order valence-electron chi connectivity index (χ3n) is 2.38. The molecule has 1 aromatic rings. The van der Waals surface area contributed by atoms with Crippen LogP contribution in [0.2, 0.25) is 0 Å². The molecule has 3 N–H and O–H groups in total. The number of nitrogens with one attached hydrogen (secondary N) is 2. The van der Waals surface area contributed by atoms with E-state index >= 15 is 0 Å². The Kier molecular flexibility index (Phi) is 5.17. The van der Waals surface area contributed by atoms with Gasteiger partial charge in [0.1, 0.15) is 5.75 Å². The third-order valence-corrected chi connectivity index (χ3v) is 2.38. The number of hydrogen-bond donors (Lipinski definition) is 3. The molecule has 0 unspecified atom stereocenters. The first-order valence-corrected chi connectivity index (χ1v) is 5.89. The van der Waals surface area contributed by atoms with E-state index in [1.807, 2.05) is 13.8 Å². The van der Waals surface area contributed by atoms with Crippen LogP contribution < -0.4 is 10.6 Å². The van der Waals surface area contributed by atoms with Crippen molar-refractivity contribution in [3.8, 4) is 5.75 Å². The second-order valence-electron chi connectivity index (χ2n) is 4.05. The zero-order valence-corrected chi connectivity index (χ0v) is 10.6. The minimum atomic E-state index is -0.459. The third kappa shape index (κ3) is 4.08. The van der Waals surface area contributed by atoms with E-state index in [0.29, 0.717) is 6.54 Å². The van der Waals surface area contributed by atoms with E-state index < -0.39 is 5.91 Å².